The zero-order valence-corrected chi connectivity index (χ0v) is 24.8. The number of esters is 1. The SMILES string of the molecule is CCCCOC(=O)C1=C(C)Nc2nc(SCC)nn2C1c1ccc(OCc2ccc(Cl)cc2Cl)c(OCC)c1. The minimum atomic E-state index is -0.562. The number of hydrogen-bond donors (Lipinski definition) is 1. The van der Waals surface area contributed by atoms with Gasteiger partial charge in [-0.2, -0.15) is 4.98 Å². The summed E-state index contributed by atoms with van der Waals surface area (Å²) >= 11 is 13.9. The van der Waals surface area contributed by atoms with Gasteiger partial charge in [0.1, 0.15) is 12.6 Å². The van der Waals surface area contributed by atoms with Crippen LogP contribution in [0.2, 0.25) is 10.0 Å². The van der Waals surface area contributed by atoms with Crippen molar-refractivity contribution in [3.63, 3.8) is 0 Å². The molecule has 1 atom stereocenters. The Morgan fingerprint density at radius 3 is 2.64 bits per heavy atom. The molecule has 0 aliphatic carbocycles. The molecule has 0 amide bonds. The van der Waals surface area contributed by atoms with Crippen molar-refractivity contribution in [3.8, 4) is 11.5 Å². The molecule has 0 saturated carbocycles. The van der Waals surface area contributed by atoms with E-state index in [1.807, 2.05) is 45.0 Å². The molecule has 8 nitrogen and oxygen atoms in total. The molecule has 0 fully saturated rings. The molecule has 0 saturated heterocycles. The van der Waals surface area contributed by atoms with Crippen molar-refractivity contribution in [2.75, 3.05) is 24.3 Å². The number of unbranched alkanes of at least 4 members (excludes halogenated alkanes) is 1. The van der Waals surface area contributed by atoms with Crippen LogP contribution in [-0.4, -0.2) is 39.7 Å². The fourth-order valence-corrected chi connectivity index (χ4v) is 5.18. The first-order valence-electron chi connectivity index (χ1n) is 12.9. The second kappa shape index (κ2) is 13.5. The number of fused-ring (bicyclic) bond motifs is 1. The third-order valence-corrected chi connectivity index (χ3v) is 7.35. The van der Waals surface area contributed by atoms with E-state index < -0.39 is 6.04 Å². The number of hydrogen-bond acceptors (Lipinski definition) is 8. The fourth-order valence-electron chi connectivity index (χ4n) is 4.16. The third-order valence-electron chi connectivity index (χ3n) is 6.04. The summed E-state index contributed by atoms with van der Waals surface area (Å²) in [5.41, 5.74) is 2.73. The Bertz CT molecular complexity index is 1360. The predicted octanol–water partition coefficient (Wildman–Crippen LogP) is 7.31. The molecule has 39 heavy (non-hydrogen) atoms. The van der Waals surface area contributed by atoms with Gasteiger partial charge in [0.2, 0.25) is 11.1 Å². The number of carbonyl (C=O) groups excluding carboxylic acids is 1. The number of allylic oxidation sites excluding steroid dienone is 1. The molecule has 0 spiro atoms. The average molecular weight is 592 g/mol. The second-order valence-electron chi connectivity index (χ2n) is 8.81. The van der Waals surface area contributed by atoms with Crippen molar-refractivity contribution in [1.29, 1.82) is 0 Å². The number of rotatable bonds is 12. The van der Waals surface area contributed by atoms with E-state index in [0.717, 1.165) is 29.7 Å². The first-order chi connectivity index (χ1) is 18.9. The minimum Gasteiger partial charge on any atom is -0.490 e. The Morgan fingerprint density at radius 2 is 1.92 bits per heavy atom. The summed E-state index contributed by atoms with van der Waals surface area (Å²) < 4.78 is 19.4. The monoisotopic (exact) mass is 590 g/mol. The molecule has 2 aromatic carbocycles. The maximum Gasteiger partial charge on any atom is 0.338 e. The molecule has 1 aliphatic heterocycles. The largest absolute Gasteiger partial charge is 0.490 e. The highest BCUT2D eigenvalue weighted by molar-refractivity contribution is 7.99. The van der Waals surface area contributed by atoms with Crippen LogP contribution in [0.4, 0.5) is 5.95 Å². The molecular formula is C28H32Cl2N4O4S. The highest BCUT2D eigenvalue weighted by atomic mass is 35.5. The predicted molar refractivity (Wildman–Crippen MR) is 155 cm³/mol. The van der Waals surface area contributed by atoms with Crippen molar-refractivity contribution in [2.45, 2.75) is 58.3 Å². The van der Waals surface area contributed by atoms with E-state index in [1.54, 1.807) is 16.8 Å². The topological polar surface area (TPSA) is 87.5 Å². The summed E-state index contributed by atoms with van der Waals surface area (Å²) in [6, 6.07) is 10.3. The Morgan fingerprint density at radius 1 is 1.10 bits per heavy atom. The number of nitrogens with zero attached hydrogens (tertiary/aromatic N) is 3. The van der Waals surface area contributed by atoms with Gasteiger partial charge in [-0.1, -0.05) is 67.4 Å². The fraction of sp³-hybridized carbons (Fsp3) is 0.393. The maximum atomic E-state index is 13.3. The minimum absolute atomic E-state index is 0.238. The molecule has 1 aliphatic rings. The van der Waals surface area contributed by atoms with Gasteiger partial charge in [0.25, 0.3) is 0 Å². The van der Waals surface area contributed by atoms with Gasteiger partial charge in [0.05, 0.1) is 18.8 Å². The number of thioether (sulfide) groups is 1. The second-order valence-corrected chi connectivity index (χ2v) is 10.9. The van der Waals surface area contributed by atoms with Crippen molar-refractivity contribution in [1.82, 2.24) is 14.8 Å². The molecule has 11 heteroatoms. The molecule has 208 valence electrons. The number of aromatic nitrogens is 3. The lowest BCUT2D eigenvalue weighted by atomic mass is 9.95. The molecule has 1 unspecified atom stereocenters. The maximum absolute atomic E-state index is 13.3. The van der Waals surface area contributed by atoms with Crippen LogP contribution in [0.3, 0.4) is 0 Å². The van der Waals surface area contributed by atoms with Crippen LogP contribution in [0, 0.1) is 0 Å². The first-order valence-corrected chi connectivity index (χ1v) is 14.7. The number of nitrogens with one attached hydrogen (secondary N) is 1. The number of halogens is 2. The first kappa shape index (κ1) is 29.1. The van der Waals surface area contributed by atoms with Crippen molar-refractivity contribution in [3.05, 3.63) is 68.8 Å². The molecule has 1 N–H and O–H groups in total. The molecule has 2 heterocycles. The lowest BCUT2D eigenvalue weighted by Crippen LogP contribution is -2.30. The number of anilines is 1. The van der Waals surface area contributed by atoms with E-state index in [2.05, 4.69) is 17.2 Å². The van der Waals surface area contributed by atoms with E-state index in [4.69, 9.17) is 42.5 Å². The zero-order chi connectivity index (χ0) is 27.9. The molecule has 1 aromatic heterocycles. The van der Waals surface area contributed by atoms with Crippen LogP contribution in [-0.2, 0) is 16.1 Å². The van der Waals surface area contributed by atoms with Crippen LogP contribution < -0.4 is 14.8 Å². The zero-order valence-electron chi connectivity index (χ0n) is 22.4. The van der Waals surface area contributed by atoms with Crippen LogP contribution in [0.25, 0.3) is 0 Å². The Kier molecular flexibility index (Phi) is 10.0. The standard InChI is InChI=1S/C28H32Cl2N4O4S/c1-5-8-13-37-26(35)24-17(4)31-27-32-28(39-7-3)33-34(27)25(24)18-10-12-22(23(14-18)36-6-2)38-16-19-9-11-20(29)15-21(19)30/h9-12,14-15,25H,5-8,13,16H2,1-4H3,(H,31,32,33). The van der Waals surface area contributed by atoms with Crippen molar-refractivity contribution in [2.24, 2.45) is 0 Å². The number of benzene rings is 2. The Balaban J connectivity index is 1.71. The van der Waals surface area contributed by atoms with E-state index in [9.17, 15) is 4.79 Å². The Labute approximate surface area is 243 Å². The summed E-state index contributed by atoms with van der Waals surface area (Å²) in [5.74, 6) is 2.09. The van der Waals surface area contributed by atoms with Crippen LogP contribution in [0.1, 0.15) is 57.7 Å². The normalized spacial score (nSPS) is 14.6. The van der Waals surface area contributed by atoms with Gasteiger partial charge in [0.15, 0.2) is 11.5 Å². The van der Waals surface area contributed by atoms with Gasteiger partial charge < -0.3 is 19.5 Å². The van der Waals surface area contributed by atoms with Gasteiger partial charge in [-0.25, -0.2) is 9.48 Å². The molecule has 0 bridgehead atoms. The van der Waals surface area contributed by atoms with Gasteiger partial charge >= 0.3 is 5.97 Å². The average Bonchev–Trinajstić information content (AvgIpc) is 3.30. The molecule has 4 rings (SSSR count). The van der Waals surface area contributed by atoms with E-state index in [-0.39, 0.29) is 12.6 Å². The molecule has 3 aromatic rings. The number of ether oxygens (including phenoxy) is 3. The van der Waals surface area contributed by atoms with Gasteiger partial charge in [-0.3, -0.25) is 0 Å². The smallest absolute Gasteiger partial charge is 0.338 e. The summed E-state index contributed by atoms with van der Waals surface area (Å²) in [7, 11) is 0. The quantitative estimate of drug-likeness (QED) is 0.133. The van der Waals surface area contributed by atoms with Crippen molar-refractivity contribution >= 4 is 46.9 Å². The van der Waals surface area contributed by atoms with E-state index in [0.29, 0.717) is 57.1 Å². The van der Waals surface area contributed by atoms with Crippen LogP contribution >= 0.6 is 35.0 Å². The lowest BCUT2D eigenvalue weighted by Gasteiger charge is -2.28. The molecule has 0 radical (unpaired) electrons. The van der Waals surface area contributed by atoms with Crippen LogP contribution in [0.15, 0.2) is 52.8 Å². The number of carbonyl (C=O) groups is 1. The summed E-state index contributed by atoms with van der Waals surface area (Å²) in [6.07, 6.45) is 1.72. The van der Waals surface area contributed by atoms with Crippen LogP contribution in [0.5, 0.6) is 11.5 Å². The Hall–Kier alpha value is -2.88. The molecular weight excluding hydrogens is 559 g/mol. The highest BCUT2D eigenvalue weighted by Crippen LogP contribution is 2.40. The summed E-state index contributed by atoms with van der Waals surface area (Å²) in [4.78, 5) is 18.0. The third kappa shape index (κ3) is 6.83. The van der Waals surface area contributed by atoms with Gasteiger partial charge in [-0.05, 0) is 55.9 Å². The van der Waals surface area contributed by atoms with Crippen molar-refractivity contribution < 1.29 is 19.0 Å². The summed E-state index contributed by atoms with van der Waals surface area (Å²) in [6.45, 7) is 8.87. The van der Waals surface area contributed by atoms with E-state index in [1.165, 1.54) is 11.8 Å². The lowest BCUT2D eigenvalue weighted by molar-refractivity contribution is -0.139. The van der Waals surface area contributed by atoms with Gasteiger partial charge in [-0.15, -0.1) is 5.10 Å². The highest BCUT2D eigenvalue weighted by Gasteiger charge is 2.35. The summed E-state index contributed by atoms with van der Waals surface area (Å²) in [5, 5.41) is 9.67. The van der Waals surface area contributed by atoms with Gasteiger partial charge in [0, 0.05) is 21.3 Å². The van der Waals surface area contributed by atoms with E-state index >= 15 is 0 Å².